The van der Waals surface area contributed by atoms with E-state index in [1.165, 1.54) is 36.4 Å². The maximum atomic E-state index is 12.2. The summed E-state index contributed by atoms with van der Waals surface area (Å²) < 4.78 is 37.2. The summed E-state index contributed by atoms with van der Waals surface area (Å²) in [6.45, 7) is -1.20. The summed E-state index contributed by atoms with van der Waals surface area (Å²) in [5, 5.41) is 10.5. The van der Waals surface area contributed by atoms with Crippen LogP contribution in [0.4, 0.5) is 5.69 Å². The number of hydrogen-bond donors (Lipinski definition) is 5. The highest BCUT2D eigenvalue weighted by molar-refractivity contribution is 7.84. The first kappa shape index (κ1) is 28.5. The maximum Gasteiger partial charge on any atom is 0.343 e. The van der Waals surface area contributed by atoms with Crippen LogP contribution in [-0.2, 0) is 24.4 Å². The van der Waals surface area contributed by atoms with Gasteiger partial charge in [0.2, 0.25) is 0 Å². The molecule has 0 aliphatic carbocycles. The van der Waals surface area contributed by atoms with E-state index >= 15 is 0 Å². The van der Waals surface area contributed by atoms with Crippen LogP contribution in [0.5, 0.6) is 5.75 Å². The van der Waals surface area contributed by atoms with Gasteiger partial charge in [0.25, 0.3) is 5.91 Å². The van der Waals surface area contributed by atoms with Crippen molar-refractivity contribution in [3.63, 3.8) is 0 Å². The van der Waals surface area contributed by atoms with Gasteiger partial charge in [0.1, 0.15) is 12.3 Å². The number of hydrogen-bond acceptors (Lipinski definition) is 9. The van der Waals surface area contributed by atoms with Crippen molar-refractivity contribution in [2.75, 3.05) is 19.4 Å². The number of carbonyl (C=O) groups excluding carboxylic acids is 3. The average Bonchev–Trinajstić information content (AvgIpc) is 2.75. The number of ether oxygens (including phenoxy) is 2. The Kier molecular flexibility index (Phi) is 10.8. The Bertz CT molecular complexity index is 1180. The Morgan fingerprint density at radius 2 is 1.46 bits per heavy atom. The fourth-order valence-corrected chi connectivity index (χ4v) is 2.12. The molecule has 0 radical (unpaired) electrons. The first-order valence-electron chi connectivity index (χ1n) is 9.38. The zero-order chi connectivity index (χ0) is 26.6. The number of rotatable bonds is 8. The number of guanidine groups is 1. The molecule has 15 heteroatoms. The lowest BCUT2D eigenvalue weighted by Gasteiger charge is -2.07. The summed E-state index contributed by atoms with van der Waals surface area (Å²) >= 11 is 0. The van der Waals surface area contributed by atoms with Gasteiger partial charge in [-0.05, 0) is 48.5 Å². The van der Waals surface area contributed by atoms with Crippen LogP contribution in [0.1, 0.15) is 20.7 Å². The molecule has 0 aromatic heterocycles. The number of amides is 1. The molecule has 2 rings (SSSR count). The van der Waals surface area contributed by atoms with Gasteiger partial charge in [0.15, 0.2) is 6.61 Å². The van der Waals surface area contributed by atoms with Gasteiger partial charge in [0, 0.05) is 6.26 Å². The zero-order valence-electron chi connectivity index (χ0n) is 18.2. The molecular formula is C20H22N4O10S. The molecule has 0 aliphatic heterocycles. The second-order valence-electron chi connectivity index (χ2n) is 6.52. The molecule has 0 saturated carbocycles. The van der Waals surface area contributed by atoms with E-state index < -0.39 is 47.1 Å². The van der Waals surface area contributed by atoms with Crippen LogP contribution in [-0.4, -0.2) is 67.3 Å². The lowest BCUT2D eigenvalue weighted by Crippen LogP contribution is -2.72. The highest BCUT2D eigenvalue weighted by Crippen LogP contribution is 2.15. The lowest BCUT2D eigenvalue weighted by atomic mass is 10.2. The molecule has 0 saturated heterocycles. The molecule has 0 atom stereocenters. The summed E-state index contributed by atoms with van der Waals surface area (Å²) in [5.74, 6) is -3.16. The number of carboxylic acids is 1. The lowest BCUT2D eigenvalue weighted by molar-refractivity contribution is -0.356. The van der Waals surface area contributed by atoms with Crippen molar-refractivity contribution in [1.29, 1.82) is 0 Å². The zero-order valence-corrected chi connectivity index (χ0v) is 19.0. The van der Waals surface area contributed by atoms with E-state index in [-0.39, 0.29) is 22.8 Å². The van der Waals surface area contributed by atoms with Crippen LogP contribution >= 0.6 is 0 Å². The van der Waals surface area contributed by atoms with Gasteiger partial charge >= 0.3 is 23.9 Å². The second-order valence-corrected chi connectivity index (χ2v) is 7.93. The molecule has 1 amide bonds. The predicted molar refractivity (Wildman–Crippen MR) is 118 cm³/mol. The van der Waals surface area contributed by atoms with Crippen LogP contribution in [0, 0.1) is 0 Å². The van der Waals surface area contributed by atoms with Gasteiger partial charge in [-0.15, -0.1) is 0 Å². The molecule has 0 bridgehead atoms. The summed E-state index contributed by atoms with van der Waals surface area (Å²) in [6.07, 6.45) is 0.604. The number of nitrogens with one attached hydrogen (secondary N) is 2. The molecule has 14 nitrogen and oxygen atoms in total. The SMILES string of the molecule is CS(=O)(=O)[O-].NC(N)=[NH+]c1ccc(C(=O)Oc2ccc(C(=O)OCC(=O)NCC(=O)O)cc2)cc1. The van der Waals surface area contributed by atoms with E-state index in [0.29, 0.717) is 11.9 Å². The number of aliphatic carboxylic acids is 1. The monoisotopic (exact) mass is 510 g/mol. The molecular weight excluding hydrogens is 488 g/mol. The van der Waals surface area contributed by atoms with E-state index in [1.807, 2.05) is 0 Å². The minimum absolute atomic E-state index is 0.0184. The maximum absolute atomic E-state index is 12.2. The largest absolute Gasteiger partial charge is 0.748 e. The van der Waals surface area contributed by atoms with Crippen LogP contribution in [0.3, 0.4) is 0 Å². The topological polar surface area (TPSA) is 242 Å². The normalized spacial score (nSPS) is 10.1. The number of benzene rings is 2. The Balaban J connectivity index is 0.00000111. The van der Waals surface area contributed by atoms with E-state index in [0.717, 1.165) is 0 Å². The van der Waals surface area contributed by atoms with E-state index in [1.54, 1.807) is 12.1 Å². The molecule has 0 fully saturated rings. The fourth-order valence-electron chi connectivity index (χ4n) is 2.12. The van der Waals surface area contributed by atoms with Crippen molar-refractivity contribution >= 4 is 45.6 Å². The van der Waals surface area contributed by atoms with Gasteiger partial charge in [0.05, 0.1) is 26.9 Å². The molecule has 2 aromatic rings. The average molecular weight is 510 g/mol. The molecule has 188 valence electrons. The van der Waals surface area contributed by atoms with E-state index in [2.05, 4.69) is 10.3 Å². The number of carbonyl (C=O) groups is 4. The van der Waals surface area contributed by atoms with E-state index in [9.17, 15) is 19.2 Å². The molecule has 2 aromatic carbocycles. The quantitative estimate of drug-likeness (QED) is 0.0807. The second kappa shape index (κ2) is 13.3. The van der Waals surface area contributed by atoms with Crippen molar-refractivity contribution in [3.8, 4) is 5.75 Å². The molecule has 0 unspecified atom stereocenters. The first-order chi connectivity index (χ1) is 16.2. The van der Waals surface area contributed by atoms with Gasteiger partial charge in [-0.3, -0.25) is 21.1 Å². The smallest absolute Gasteiger partial charge is 0.343 e. The summed E-state index contributed by atoms with van der Waals surface area (Å²) in [6, 6.07) is 11.7. The summed E-state index contributed by atoms with van der Waals surface area (Å²) in [4.78, 5) is 48.5. The van der Waals surface area contributed by atoms with Crippen LogP contribution in [0.2, 0.25) is 0 Å². The third-order valence-corrected chi connectivity index (χ3v) is 3.48. The molecule has 0 spiro atoms. The number of esters is 2. The Morgan fingerprint density at radius 1 is 0.971 bits per heavy atom. The van der Waals surface area contributed by atoms with Gasteiger partial charge in [-0.25, -0.2) is 23.0 Å². The number of carboxylic acid groups (broad SMARTS) is 1. The number of nitrogens with two attached hydrogens (primary N) is 2. The minimum atomic E-state index is -3.92. The molecule has 7 N–H and O–H groups in total. The van der Waals surface area contributed by atoms with Gasteiger partial charge < -0.3 is 24.4 Å². The van der Waals surface area contributed by atoms with Crippen LogP contribution < -0.4 is 26.5 Å². The third-order valence-electron chi connectivity index (χ3n) is 3.48. The van der Waals surface area contributed by atoms with Crippen molar-refractivity contribution in [1.82, 2.24) is 5.32 Å². The Hall–Kier alpha value is -4.50. The minimum Gasteiger partial charge on any atom is -0.748 e. The van der Waals surface area contributed by atoms with E-state index in [4.69, 9.17) is 39.0 Å². The van der Waals surface area contributed by atoms with Crippen molar-refractivity contribution in [2.24, 2.45) is 11.5 Å². The summed E-state index contributed by atoms with van der Waals surface area (Å²) in [5.41, 5.74) is 11.7. The van der Waals surface area contributed by atoms with Crippen molar-refractivity contribution in [3.05, 3.63) is 59.7 Å². The summed E-state index contributed by atoms with van der Waals surface area (Å²) in [7, 11) is -3.92. The van der Waals surface area contributed by atoms with Crippen LogP contribution in [0.25, 0.3) is 0 Å². The van der Waals surface area contributed by atoms with Gasteiger partial charge in [-0.2, -0.15) is 0 Å². The highest BCUT2D eigenvalue weighted by Gasteiger charge is 2.13. The molecule has 0 heterocycles. The predicted octanol–water partition coefficient (Wildman–Crippen LogP) is -2.59. The Labute approximate surface area is 199 Å². The fraction of sp³-hybridized carbons (Fsp3) is 0.150. The van der Waals surface area contributed by atoms with Crippen molar-refractivity contribution < 1.29 is 51.7 Å². The van der Waals surface area contributed by atoms with Crippen molar-refractivity contribution in [2.45, 2.75) is 0 Å². The van der Waals surface area contributed by atoms with Gasteiger partial charge in [-0.1, -0.05) is 0 Å². The van der Waals surface area contributed by atoms with Crippen LogP contribution in [0.15, 0.2) is 48.5 Å². The standard InChI is InChI=1S/C19H18N4O7.CH4O3S/c20-19(21)23-13-5-1-12(2-6-13)18(28)30-14-7-3-11(4-8-14)17(27)29-10-15(24)22-9-16(25)26;1-5(2,3)4/h1-8H,9-10H2,(H,22,24)(H,25,26)(H4,20,21,23);1H3,(H,2,3,4). The highest BCUT2D eigenvalue weighted by atomic mass is 32.2. The first-order valence-corrected chi connectivity index (χ1v) is 11.2. The molecule has 0 aliphatic rings. The third kappa shape index (κ3) is 13.0. The Morgan fingerprint density at radius 3 is 1.94 bits per heavy atom. The molecule has 35 heavy (non-hydrogen) atoms.